The molecule has 0 heterocycles. The van der Waals surface area contributed by atoms with E-state index >= 15 is 0 Å². The minimum atomic E-state index is -4.39. The Morgan fingerprint density at radius 3 is 1.04 bits per heavy atom. The first-order valence-corrected chi connectivity index (χ1v) is 12.2. The molecule has 0 spiro atoms. The summed E-state index contributed by atoms with van der Waals surface area (Å²) in [5.41, 5.74) is 0.463. The van der Waals surface area contributed by atoms with Crippen molar-refractivity contribution in [1.29, 1.82) is 0 Å². The predicted molar refractivity (Wildman–Crippen MR) is 107 cm³/mol. The Morgan fingerprint density at radius 1 is 0.615 bits per heavy atom. The molecule has 0 saturated heterocycles. The smallest absolute Gasteiger partial charge is 0.282 e. The van der Waals surface area contributed by atoms with Crippen molar-refractivity contribution in [1.82, 2.24) is 0 Å². The zero-order valence-corrected chi connectivity index (χ0v) is 20.0. The van der Waals surface area contributed by atoms with Crippen LogP contribution in [-0.2, 0) is 20.2 Å². The summed E-state index contributed by atoms with van der Waals surface area (Å²) < 4.78 is 64.0. The van der Waals surface area contributed by atoms with Crippen LogP contribution in [-0.4, -0.2) is 25.9 Å². The summed E-state index contributed by atoms with van der Waals surface area (Å²) in [6.45, 7) is 0. The van der Waals surface area contributed by atoms with Crippen molar-refractivity contribution < 1.29 is 25.9 Å². The minimum absolute atomic E-state index is 0.232. The van der Waals surface area contributed by atoms with Gasteiger partial charge in [0.05, 0.1) is 9.79 Å². The third-order valence-electron chi connectivity index (χ3n) is 2.83. The molecule has 2 N–H and O–H groups in total. The second kappa shape index (κ2) is 8.03. The first-order chi connectivity index (χ1) is 11.8. The van der Waals surface area contributed by atoms with Crippen LogP contribution in [0.5, 0.6) is 0 Å². The maximum atomic E-state index is 11.2. The molecule has 14 heteroatoms. The van der Waals surface area contributed by atoms with E-state index in [0.717, 1.165) is 24.3 Å². The lowest BCUT2D eigenvalue weighted by Crippen LogP contribution is -1.98. The molecule has 140 valence electrons. The first-order valence-electron chi connectivity index (χ1n) is 6.15. The van der Waals surface area contributed by atoms with Crippen molar-refractivity contribution in [2.45, 2.75) is 9.79 Å². The molecule has 0 aliphatic carbocycles. The summed E-state index contributed by atoms with van der Waals surface area (Å²) in [4.78, 5) is -0.676. The molecular formula is C12H6Br4N2O6S2. The van der Waals surface area contributed by atoms with Gasteiger partial charge in [0.1, 0.15) is 11.4 Å². The van der Waals surface area contributed by atoms with Crippen molar-refractivity contribution in [2.24, 2.45) is 10.2 Å². The van der Waals surface area contributed by atoms with Crippen LogP contribution in [0.1, 0.15) is 0 Å². The molecule has 2 rings (SSSR count). The Morgan fingerprint density at radius 2 is 0.846 bits per heavy atom. The minimum Gasteiger partial charge on any atom is -0.282 e. The standard InChI is InChI=1S/C12H6Br4N2O6S2/c13-7-1-5(25(19,20)21)2-8(14)11(7)17-18-12-9(15)3-6(4-10(12)16)26(22,23)24/h1-4H,(H,19,20,21)(H,22,23,24). The second-order valence-electron chi connectivity index (χ2n) is 4.62. The molecule has 26 heavy (non-hydrogen) atoms. The largest absolute Gasteiger partial charge is 0.294 e. The lowest BCUT2D eigenvalue weighted by Gasteiger charge is -2.06. The van der Waals surface area contributed by atoms with Gasteiger partial charge in [-0.1, -0.05) is 0 Å². The summed E-state index contributed by atoms with van der Waals surface area (Å²) in [7, 11) is -8.78. The Bertz CT molecular complexity index is 997. The lowest BCUT2D eigenvalue weighted by molar-refractivity contribution is 0.481. The van der Waals surface area contributed by atoms with Crippen molar-refractivity contribution in [3.8, 4) is 0 Å². The van der Waals surface area contributed by atoms with Crippen LogP contribution in [0.3, 0.4) is 0 Å². The maximum absolute atomic E-state index is 11.2. The molecule has 0 radical (unpaired) electrons. The summed E-state index contributed by atoms with van der Waals surface area (Å²) in [6, 6.07) is 4.61. The maximum Gasteiger partial charge on any atom is 0.294 e. The summed E-state index contributed by atoms with van der Waals surface area (Å²) in [6.07, 6.45) is 0. The SMILES string of the molecule is O=S(=O)(O)c1cc(Br)c(N=Nc2c(Br)cc(S(=O)(=O)O)cc2Br)c(Br)c1. The van der Waals surface area contributed by atoms with Crippen molar-refractivity contribution in [3.05, 3.63) is 42.2 Å². The Labute approximate surface area is 182 Å². The number of azo groups is 1. The van der Waals surface area contributed by atoms with Crippen LogP contribution in [0.15, 0.2) is 62.2 Å². The molecule has 2 aromatic carbocycles. The van der Waals surface area contributed by atoms with Gasteiger partial charge in [0.15, 0.2) is 0 Å². The van der Waals surface area contributed by atoms with Gasteiger partial charge < -0.3 is 0 Å². The van der Waals surface area contributed by atoms with E-state index in [2.05, 4.69) is 73.9 Å². The van der Waals surface area contributed by atoms with E-state index in [0.29, 0.717) is 0 Å². The molecule has 0 aliphatic heterocycles. The van der Waals surface area contributed by atoms with Crippen LogP contribution < -0.4 is 0 Å². The predicted octanol–water partition coefficient (Wildman–Crippen LogP) is 5.65. The highest BCUT2D eigenvalue weighted by Gasteiger charge is 2.17. The summed E-state index contributed by atoms with van der Waals surface area (Å²) >= 11 is 12.6. The number of rotatable bonds is 4. The third-order valence-corrected chi connectivity index (χ3v) is 6.91. The molecule has 0 saturated carbocycles. The number of nitrogens with zero attached hydrogens (tertiary/aromatic N) is 2. The average molecular weight is 658 g/mol. The van der Waals surface area contributed by atoms with Crippen LogP contribution in [0.4, 0.5) is 11.4 Å². The highest BCUT2D eigenvalue weighted by Crippen LogP contribution is 2.40. The summed E-state index contributed by atoms with van der Waals surface area (Å²) in [5.74, 6) is 0. The fraction of sp³-hybridized carbons (Fsp3) is 0. The zero-order valence-electron chi connectivity index (χ0n) is 12.1. The van der Waals surface area contributed by atoms with E-state index in [1.54, 1.807) is 0 Å². The van der Waals surface area contributed by atoms with Gasteiger partial charge in [0, 0.05) is 17.9 Å². The highest BCUT2D eigenvalue weighted by molar-refractivity contribution is 9.11. The molecule has 8 nitrogen and oxygen atoms in total. The number of hydrogen-bond acceptors (Lipinski definition) is 6. The van der Waals surface area contributed by atoms with E-state index in [1.807, 2.05) is 0 Å². The van der Waals surface area contributed by atoms with E-state index in [4.69, 9.17) is 9.11 Å². The highest BCUT2D eigenvalue weighted by atomic mass is 79.9. The molecule has 0 amide bonds. The molecular weight excluding hydrogens is 652 g/mol. The lowest BCUT2D eigenvalue weighted by atomic mass is 10.3. The first kappa shape index (κ1) is 22.1. The normalized spacial score (nSPS) is 12.7. The van der Waals surface area contributed by atoms with Gasteiger partial charge in [0.25, 0.3) is 20.2 Å². The van der Waals surface area contributed by atoms with E-state index in [-0.39, 0.29) is 39.1 Å². The van der Waals surface area contributed by atoms with Crippen LogP contribution in [0.25, 0.3) is 0 Å². The molecule has 0 aliphatic rings. The van der Waals surface area contributed by atoms with Crippen LogP contribution in [0, 0.1) is 0 Å². The fourth-order valence-electron chi connectivity index (χ4n) is 1.67. The quantitative estimate of drug-likeness (QED) is 0.323. The van der Waals surface area contributed by atoms with Gasteiger partial charge in [-0.2, -0.15) is 16.8 Å². The molecule has 2 aromatic rings. The molecule has 0 unspecified atom stereocenters. The van der Waals surface area contributed by atoms with Gasteiger partial charge >= 0.3 is 0 Å². The van der Waals surface area contributed by atoms with Gasteiger partial charge in [-0.25, -0.2) is 0 Å². The topological polar surface area (TPSA) is 133 Å². The molecule has 0 fully saturated rings. The van der Waals surface area contributed by atoms with Gasteiger partial charge in [-0.15, -0.1) is 10.2 Å². The summed E-state index contributed by atoms with van der Waals surface area (Å²) in [5, 5.41) is 7.99. The number of hydrogen-bond donors (Lipinski definition) is 2. The van der Waals surface area contributed by atoms with Crippen molar-refractivity contribution >= 4 is 95.3 Å². The monoisotopic (exact) mass is 654 g/mol. The Balaban J connectivity index is 2.52. The van der Waals surface area contributed by atoms with E-state index < -0.39 is 20.2 Å². The number of halogens is 4. The Hall–Kier alpha value is -0.220. The van der Waals surface area contributed by atoms with Crippen molar-refractivity contribution in [3.63, 3.8) is 0 Å². The fourth-order valence-corrected chi connectivity index (χ4v) is 6.04. The average Bonchev–Trinajstić information content (AvgIpc) is 2.46. The van der Waals surface area contributed by atoms with Gasteiger partial charge in [-0.3, -0.25) is 9.11 Å². The zero-order chi connectivity index (χ0) is 19.9. The third kappa shape index (κ3) is 5.19. The molecule has 0 bridgehead atoms. The van der Waals surface area contributed by atoms with Crippen LogP contribution >= 0.6 is 63.7 Å². The second-order valence-corrected chi connectivity index (χ2v) is 10.9. The van der Waals surface area contributed by atoms with Crippen molar-refractivity contribution in [2.75, 3.05) is 0 Å². The molecule has 0 atom stereocenters. The van der Waals surface area contributed by atoms with Gasteiger partial charge in [0.2, 0.25) is 0 Å². The Kier molecular flexibility index (Phi) is 6.82. The van der Waals surface area contributed by atoms with Crippen LogP contribution in [0.2, 0.25) is 0 Å². The van der Waals surface area contributed by atoms with E-state index in [1.165, 1.54) is 0 Å². The molecule has 0 aromatic heterocycles. The van der Waals surface area contributed by atoms with Gasteiger partial charge in [-0.05, 0) is 88.0 Å². The van der Waals surface area contributed by atoms with E-state index in [9.17, 15) is 16.8 Å². The number of benzene rings is 2.